The van der Waals surface area contributed by atoms with E-state index in [-0.39, 0.29) is 6.42 Å². The zero-order valence-electron chi connectivity index (χ0n) is 19.9. The third kappa shape index (κ3) is 9.31. The summed E-state index contributed by atoms with van der Waals surface area (Å²) in [5.41, 5.74) is 1.52. The van der Waals surface area contributed by atoms with E-state index in [4.69, 9.17) is 0 Å². The number of halogens is 3. The van der Waals surface area contributed by atoms with Gasteiger partial charge < -0.3 is 10.4 Å². The molecule has 0 aliphatic heterocycles. The standard InChI is InChI=1S/C27H29F3N2O4S/c28-27(29,30)18-10-17-23(32-37(35,36)19-20-11-4-1-5-12-20)26(34)31-24(21-13-6-2-7-14-21)25(33)22-15-8-3-9-16-22/h1-9,11-16,23-25,32-33H,10,17-19H2,(H,31,34). The van der Waals surface area contributed by atoms with Gasteiger partial charge >= 0.3 is 6.18 Å². The van der Waals surface area contributed by atoms with E-state index in [1.54, 1.807) is 91.0 Å². The van der Waals surface area contributed by atoms with Crippen LogP contribution in [0.15, 0.2) is 91.0 Å². The molecule has 0 radical (unpaired) electrons. The van der Waals surface area contributed by atoms with Gasteiger partial charge in [-0.2, -0.15) is 13.2 Å². The number of aliphatic hydroxyl groups excluding tert-OH is 1. The lowest BCUT2D eigenvalue weighted by molar-refractivity contribution is -0.137. The summed E-state index contributed by atoms with van der Waals surface area (Å²) < 4.78 is 66.3. The van der Waals surface area contributed by atoms with E-state index in [9.17, 15) is 31.5 Å². The van der Waals surface area contributed by atoms with Crippen LogP contribution >= 0.6 is 0 Å². The molecule has 3 rings (SSSR count). The van der Waals surface area contributed by atoms with E-state index in [2.05, 4.69) is 10.0 Å². The number of amides is 1. The fraction of sp³-hybridized carbons (Fsp3) is 0.296. The van der Waals surface area contributed by atoms with Crippen LogP contribution < -0.4 is 10.0 Å². The molecule has 37 heavy (non-hydrogen) atoms. The maximum atomic E-state index is 13.3. The molecule has 0 aliphatic rings. The molecule has 10 heteroatoms. The van der Waals surface area contributed by atoms with Crippen molar-refractivity contribution >= 4 is 15.9 Å². The molecule has 0 saturated heterocycles. The molecular formula is C27H29F3N2O4S. The van der Waals surface area contributed by atoms with Crippen LogP contribution in [-0.2, 0) is 20.6 Å². The number of rotatable bonds is 12. The van der Waals surface area contributed by atoms with Gasteiger partial charge in [0.05, 0.1) is 11.8 Å². The molecule has 3 unspecified atom stereocenters. The van der Waals surface area contributed by atoms with Gasteiger partial charge in [-0.15, -0.1) is 0 Å². The van der Waals surface area contributed by atoms with Gasteiger partial charge in [0.25, 0.3) is 0 Å². The molecule has 0 spiro atoms. The molecule has 0 heterocycles. The summed E-state index contributed by atoms with van der Waals surface area (Å²) in [5, 5.41) is 13.7. The summed E-state index contributed by atoms with van der Waals surface area (Å²) in [5.74, 6) is -1.27. The summed E-state index contributed by atoms with van der Waals surface area (Å²) in [4.78, 5) is 13.3. The Bertz CT molecular complexity index is 1220. The Balaban J connectivity index is 1.84. The van der Waals surface area contributed by atoms with Crippen molar-refractivity contribution in [2.45, 2.75) is 49.4 Å². The molecule has 3 N–H and O–H groups in total. The Kier molecular flexibility index (Phi) is 9.85. The lowest BCUT2D eigenvalue weighted by Crippen LogP contribution is -2.48. The molecule has 6 nitrogen and oxygen atoms in total. The van der Waals surface area contributed by atoms with Crippen molar-refractivity contribution in [3.63, 3.8) is 0 Å². The van der Waals surface area contributed by atoms with Gasteiger partial charge in [-0.3, -0.25) is 4.79 Å². The van der Waals surface area contributed by atoms with Crippen LogP contribution in [0.4, 0.5) is 13.2 Å². The Hall–Kier alpha value is -3.21. The van der Waals surface area contributed by atoms with Crippen molar-refractivity contribution in [1.82, 2.24) is 10.0 Å². The molecule has 198 valence electrons. The fourth-order valence-electron chi connectivity index (χ4n) is 3.90. The van der Waals surface area contributed by atoms with Gasteiger partial charge in [0, 0.05) is 6.42 Å². The molecule has 0 fully saturated rings. The zero-order valence-corrected chi connectivity index (χ0v) is 20.8. The number of benzene rings is 3. The zero-order chi connectivity index (χ0) is 26.9. The molecule has 1 amide bonds. The first-order valence-electron chi connectivity index (χ1n) is 11.7. The van der Waals surface area contributed by atoms with E-state index in [1.165, 1.54) is 0 Å². The molecule has 0 bridgehead atoms. The van der Waals surface area contributed by atoms with E-state index in [1.807, 2.05) is 0 Å². The Morgan fingerprint density at radius 3 is 1.89 bits per heavy atom. The largest absolute Gasteiger partial charge is 0.389 e. The predicted octanol–water partition coefficient (Wildman–Crippen LogP) is 4.80. The van der Waals surface area contributed by atoms with Crippen LogP contribution in [0.1, 0.15) is 48.1 Å². The quantitative estimate of drug-likeness (QED) is 0.311. The summed E-state index contributed by atoms with van der Waals surface area (Å²) >= 11 is 0. The number of hydrogen-bond acceptors (Lipinski definition) is 4. The molecule has 0 aliphatic carbocycles. The average molecular weight is 535 g/mol. The highest BCUT2D eigenvalue weighted by Gasteiger charge is 2.32. The highest BCUT2D eigenvalue weighted by Crippen LogP contribution is 2.29. The molecule has 3 aromatic rings. The normalized spacial score (nSPS) is 14.5. The van der Waals surface area contributed by atoms with Crippen LogP contribution in [0.3, 0.4) is 0 Å². The summed E-state index contributed by atoms with van der Waals surface area (Å²) in [6.45, 7) is 0. The van der Waals surface area contributed by atoms with Gasteiger partial charge in [0.1, 0.15) is 12.1 Å². The van der Waals surface area contributed by atoms with Crippen molar-refractivity contribution in [3.8, 4) is 0 Å². The third-order valence-electron chi connectivity index (χ3n) is 5.70. The maximum Gasteiger partial charge on any atom is 0.389 e. The Morgan fingerprint density at radius 2 is 1.35 bits per heavy atom. The van der Waals surface area contributed by atoms with Crippen molar-refractivity contribution in [3.05, 3.63) is 108 Å². The van der Waals surface area contributed by atoms with E-state index in [0.717, 1.165) is 0 Å². The monoisotopic (exact) mass is 534 g/mol. The van der Waals surface area contributed by atoms with Crippen LogP contribution in [0, 0.1) is 0 Å². The second-order valence-electron chi connectivity index (χ2n) is 8.67. The number of carbonyl (C=O) groups is 1. The van der Waals surface area contributed by atoms with Gasteiger partial charge in [-0.1, -0.05) is 91.0 Å². The van der Waals surface area contributed by atoms with Crippen LogP contribution in [0.25, 0.3) is 0 Å². The highest BCUT2D eigenvalue weighted by molar-refractivity contribution is 7.88. The van der Waals surface area contributed by atoms with Gasteiger partial charge in [0.15, 0.2) is 0 Å². The highest BCUT2D eigenvalue weighted by atomic mass is 32.2. The second-order valence-corrected chi connectivity index (χ2v) is 10.4. The number of hydrogen-bond donors (Lipinski definition) is 3. The number of nitrogens with one attached hydrogen (secondary N) is 2. The third-order valence-corrected chi connectivity index (χ3v) is 7.06. The summed E-state index contributed by atoms with van der Waals surface area (Å²) in [7, 11) is -4.07. The lowest BCUT2D eigenvalue weighted by atomic mass is 9.95. The topological polar surface area (TPSA) is 95.5 Å². The average Bonchev–Trinajstić information content (AvgIpc) is 2.86. The molecule has 3 aromatic carbocycles. The van der Waals surface area contributed by atoms with Crippen molar-refractivity contribution in [1.29, 1.82) is 0 Å². The molecular weight excluding hydrogens is 505 g/mol. The molecule has 3 atom stereocenters. The number of aliphatic hydroxyl groups is 1. The second kappa shape index (κ2) is 12.8. The number of carbonyl (C=O) groups excluding carboxylic acids is 1. The minimum atomic E-state index is -4.44. The van der Waals surface area contributed by atoms with Crippen molar-refractivity contribution in [2.24, 2.45) is 0 Å². The SMILES string of the molecule is O=C(NC(c1ccccc1)C(O)c1ccccc1)C(CCCC(F)(F)F)NS(=O)(=O)Cc1ccccc1. The van der Waals surface area contributed by atoms with Crippen LogP contribution in [-0.4, -0.2) is 31.6 Å². The molecule has 0 saturated carbocycles. The number of sulfonamides is 1. The Labute approximate surface area is 214 Å². The minimum Gasteiger partial charge on any atom is -0.386 e. The number of alkyl halides is 3. The first-order chi connectivity index (χ1) is 17.5. The minimum absolute atomic E-state index is 0.373. The molecule has 0 aromatic heterocycles. The lowest BCUT2D eigenvalue weighted by Gasteiger charge is -2.28. The fourth-order valence-corrected chi connectivity index (χ4v) is 5.28. The smallest absolute Gasteiger partial charge is 0.386 e. The summed E-state index contributed by atoms with van der Waals surface area (Å²) in [6.07, 6.45) is -7.62. The van der Waals surface area contributed by atoms with Gasteiger partial charge in [0.2, 0.25) is 15.9 Å². The van der Waals surface area contributed by atoms with E-state index < -0.39 is 58.9 Å². The maximum absolute atomic E-state index is 13.3. The van der Waals surface area contributed by atoms with Crippen LogP contribution in [0.2, 0.25) is 0 Å². The predicted molar refractivity (Wildman–Crippen MR) is 135 cm³/mol. The van der Waals surface area contributed by atoms with Gasteiger partial charge in [-0.25, -0.2) is 13.1 Å². The first-order valence-corrected chi connectivity index (χ1v) is 13.4. The van der Waals surface area contributed by atoms with E-state index >= 15 is 0 Å². The summed E-state index contributed by atoms with van der Waals surface area (Å²) in [6, 6.07) is 22.9. The Morgan fingerprint density at radius 1 is 0.838 bits per heavy atom. The van der Waals surface area contributed by atoms with E-state index in [0.29, 0.717) is 16.7 Å². The van der Waals surface area contributed by atoms with Gasteiger partial charge in [-0.05, 0) is 29.5 Å². The van der Waals surface area contributed by atoms with Crippen molar-refractivity contribution in [2.75, 3.05) is 0 Å². The first kappa shape index (κ1) is 28.4. The van der Waals surface area contributed by atoms with Crippen molar-refractivity contribution < 1.29 is 31.5 Å². The van der Waals surface area contributed by atoms with Crippen LogP contribution in [0.5, 0.6) is 0 Å².